The third-order valence-corrected chi connectivity index (χ3v) is 6.09. The summed E-state index contributed by atoms with van der Waals surface area (Å²) in [6.45, 7) is 4.98. The fourth-order valence-electron chi connectivity index (χ4n) is 2.56. The van der Waals surface area contributed by atoms with Gasteiger partial charge in [0.15, 0.2) is 0 Å². The largest absolute Gasteiger partial charge is 0.348 e. The number of nitrogens with zero attached hydrogens (tertiary/aromatic N) is 1. The van der Waals surface area contributed by atoms with E-state index in [1.54, 1.807) is 38.1 Å². The molecule has 0 spiro atoms. The first-order valence-corrected chi connectivity index (χ1v) is 9.63. The standard InChI is InChI=1S/C19H23FN2O3S/c1-13-5-6-14(2)18(11-13)26(24,25)22(4)12-19(23)21-15(3)16-7-9-17(20)10-8-16/h5-11,15H,12H2,1-4H3,(H,21,23)/t15-/m0/s1. The van der Waals surface area contributed by atoms with Gasteiger partial charge in [0.1, 0.15) is 5.82 Å². The lowest BCUT2D eigenvalue weighted by molar-refractivity contribution is -0.121. The summed E-state index contributed by atoms with van der Waals surface area (Å²) >= 11 is 0. The normalized spacial score (nSPS) is 12.8. The highest BCUT2D eigenvalue weighted by molar-refractivity contribution is 7.89. The number of amides is 1. The predicted molar refractivity (Wildman–Crippen MR) is 98.7 cm³/mol. The minimum atomic E-state index is -3.77. The number of halogens is 1. The third kappa shape index (κ3) is 4.68. The van der Waals surface area contributed by atoms with Crippen molar-refractivity contribution in [2.45, 2.75) is 31.7 Å². The van der Waals surface area contributed by atoms with Gasteiger partial charge in [-0.15, -0.1) is 0 Å². The van der Waals surface area contributed by atoms with Crippen molar-refractivity contribution in [1.29, 1.82) is 0 Å². The van der Waals surface area contributed by atoms with Gasteiger partial charge in [0.25, 0.3) is 0 Å². The fraction of sp³-hybridized carbons (Fsp3) is 0.316. The van der Waals surface area contributed by atoms with Crippen LogP contribution in [0.25, 0.3) is 0 Å². The summed E-state index contributed by atoms with van der Waals surface area (Å²) in [5.41, 5.74) is 2.19. The number of sulfonamides is 1. The number of likely N-dealkylation sites (N-methyl/N-ethyl adjacent to an activating group) is 1. The van der Waals surface area contributed by atoms with Gasteiger partial charge in [0.05, 0.1) is 17.5 Å². The lowest BCUT2D eigenvalue weighted by Crippen LogP contribution is -2.39. The fourth-order valence-corrected chi connectivity index (χ4v) is 3.99. The van der Waals surface area contributed by atoms with Crippen LogP contribution in [0, 0.1) is 19.7 Å². The Bertz CT molecular complexity index is 896. The molecular formula is C19H23FN2O3S. The van der Waals surface area contributed by atoms with Crippen molar-refractivity contribution in [3.8, 4) is 0 Å². The van der Waals surface area contributed by atoms with Crippen molar-refractivity contribution >= 4 is 15.9 Å². The zero-order chi connectivity index (χ0) is 19.5. The van der Waals surface area contributed by atoms with E-state index in [4.69, 9.17) is 0 Å². The average molecular weight is 378 g/mol. The molecule has 1 atom stereocenters. The van der Waals surface area contributed by atoms with E-state index < -0.39 is 15.9 Å². The Hall–Kier alpha value is -2.25. The Morgan fingerprint density at radius 3 is 2.38 bits per heavy atom. The van der Waals surface area contributed by atoms with E-state index in [9.17, 15) is 17.6 Å². The van der Waals surface area contributed by atoms with Gasteiger partial charge in [-0.05, 0) is 55.7 Å². The first-order chi connectivity index (χ1) is 12.1. The van der Waals surface area contributed by atoms with Crippen LogP contribution < -0.4 is 5.32 Å². The second kappa shape index (κ2) is 7.97. The molecule has 2 aromatic carbocycles. The molecule has 0 heterocycles. The number of carbonyl (C=O) groups is 1. The van der Waals surface area contributed by atoms with E-state index in [1.807, 2.05) is 13.0 Å². The number of rotatable bonds is 6. The van der Waals surface area contributed by atoms with Gasteiger partial charge in [-0.3, -0.25) is 4.79 Å². The molecule has 2 aromatic rings. The van der Waals surface area contributed by atoms with Crippen LogP contribution in [0.2, 0.25) is 0 Å². The van der Waals surface area contributed by atoms with Crippen molar-refractivity contribution in [3.05, 3.63) is 65.0 Å². The highest BCUT2D eigenvalue weighted by atomic mass is 32.2. The van der Waals surface area contributed by atoms with Crippen LogP contribution in [0.5, 0.6) is 0 Å². The summed E-state index contributed by atoms with van der Waals surface area (Å²) in [5, 5.41) is 2.73. The van der Waals surface area contributed by atoms with Gasteiger partial charge in [0, 0.05) is 7.05 Å². The Morgan fingerprint density at radius 1 is 1.15 bits per heavy atom. The van der Waals surface area contributed by atoms with Gasteiger partial charge < -0.3 is 5.32 Å². The van der Waals surface area contributed by atoms with Crippen LogP contribution in [0.1, 0.15) is 29.7 Å². The van der Waals surface area contributed by atoms with Crippen molar-refractivity contribution in [3.63, 3.8) is 0 Å². The maximum atomic E-state index is 13.0. The highest BCUT2D eigenvalue weighted by Gasteiger charge is 2.25. The molecule has 0 unspecified atom stereocenters. The van der Waals surface area contributed by atoms with E-state index in [0.29, 0.717) is 5.56 Å². The molecule has 140 valence electrons. The number of hydrogen-bond acceptors (Lipinski definition) is 3. The smallest absolute Gasteiger partial charge is 0.243 e. The number of aryl methyl sites for hydroxylation is 2. The molecule has 1 amide bonds. The molecule has 1 N–H and O–H groups in total. The van der Waals surface area contributed by atoms with E-state index in [0.717, 1.165) is 15.4 Å². The quantitative estimate of drug-likeness (QED) is 0.840. The van der Waals surface area contributed by atoms with Crippen LogP contribution in [0.4, 0.5) is 4.39 Å². The van der Waals surface area contributed by atoms with Crippen LogP contribution in [0.15, 0.2) is 47.4 Å². The Labute approximate surface area is 153 Å². The molecule has 0 aliphatic rings. The number of nitrogens with one attached hydrogen (secondary N) is 1. The van der Waals surface area contributed by atoms with E-state index in [-0.39, 0.29) is 23.3 Å². The average Bonchev–Trinajstić information content (AvgIpc) is 2.57. The maximum absolute atomic E-state index is 13.0. The van der Waals surface area contributed by atoms with Crippen molar-refractivity contribution < 1.29 is 17.6 Å². The molecule has 0 saturated heterocycles. The number of benzene rings is 2. The van der Waals surface area contributed by atoms with Gasteiger partial charge >= 0.3 is 0 Å². The lowest BCUT2D eigenvalue weighted by atomic mass is 10.1. The van der Waals surface area contributed by atoms with Crippen molar-refractivity contribution in [2.75, 3.05) is 13.6 Å². The van der Waals surface area contributed by atoms with Crippen molar-refractivity contribution in [1.82, 2.24) is 9.62 Å². The molecule has 0 saturated carbocycles. The minimum absolute atomic E-state index is 0.194. The number of hydrogen-bond donors (Lipinski definition) is 1. The summed E-state index contributed by atoms with van der Waals surface area (Å²) in [4.78, 5) is 12.4. The van der Waals surface area contributed by atoms with E-state index in [2.05, 4.69) is 5.32 Å². The highest BCUT2D eigenvalue weighted by Crippen LogP contribution is 2.20. The summed E-state index contributed by atoms with van der Waals surface area (Å²) in [7, 11) is -2.40. The van der Waals surface area contributed by atoms with Gasteiger partial charge in [0.2, 0.25) is 15.9 Å². The first-order valence-electron chi connectivity index (χ1n) is 8.19. The Balaban J connectivity index is 2.08. The molecule has 26 heavy (non-hydrogen) atoms. The topological polar surface area (TPSA) is 66.5 Å². The molecular weight excluding hydrogens is 355 g/mol. The molecule has 0 aromatic heterocycles. The number of carbonyl (C=O) groups excluding carboxylic acids is 1. The molecule has 0 aliphatic heterocycles. The molecule has 7 heteroatoms. The van der Waals surface area contributed by atoms with Gasteiger partial charge in [-0.25, -0.2) is 12.8 Å². The zero-order valence-electron chi connectivity index (χ0n) is 15.3. The van der Waals surface area contributed by atoms with Crippen LogP contribution in [0.3, 0.4) is 0 Å². The summed E-state index contributed by atoms with van der Waals surface area (Å²) < 4.78 is 39.5. The third-order valence-electron chi connectivity index (χ3n) is 4.15. The minimum Gasteiger partial charge on any atom is -0.348 e. The lowest BCUT2D eigenvalue weighted by Gasteiger charge is -2.20. The molecule has 0 aliphatic carbocycles. The van der Waals surface area contributed by atoms with Gasteiger partial charge in [-0.1, -0.05) is 24.3 Å². The van der Waals surface area contributed by atoms with Crippen LogP contribution in [-0.2, 0) is 14.8 Å². The summed E-state index contributed by atoms with van der Waals surface area (Å²) in [5.74, 6) is -0.787. The van der Waals surface area contributed by atoms with Gasteiger partial charge in [-0.2, -0.15) is 4.31 Å². The maximum Gasteiger partial charge on any atom is 0.243 e. The molecule has 0 fully saturated rings. The summed E-state index contributed by atoms with van der Waals surface area (Å²) in [6, 6.07) is 10.6. The second-order valence-electron chi connectivity index (χ2n) is 6.37. The Kier molecular flexibility index (Phi) is 6.15. The van der Waals surface area contributed by atoms with Crippen LogP contribution in [-0.4, -0.2) is 32.2 Å². The second-order valence-corrected chi connectivity index (χ2v) is 8.38. The SMILES string of the molecule is Cc1ccc(C)c(S(=O)(=O)N(C)CC(=O)N[C@@H](C)c2ccc(F)cc2)c1. The molecule has 5 nitrogen and oxygen atoms in total. The molecule has 0 radical (unpaired) electrons. The zero-order valence-corrected chi connectivity index (χ0v) is 16.1. The molecule has 0 bridgehead atoms. The monoisotopic (exact) mass is 378 g/mol. The molecule has 2 rings (SSSR count). The van der Waals surface area contributed by atoms with E-state index in [1.165, 1.54) is 19.2 Å². The van der Waals surface area contributed by atoms with E-state index >= 15 is 0 Å². The predicted octanol–water partition coefficient (Wildman–Crippen LogP) is 2.94. The first kappa shape index (κ1) is 20.1. The Morgan fingerprint density at radius 2 is 1.77 bits per heavy atom. The van der Waals surface area contributed by atoms with Crippen molar-refractivity contribution in [2.24, 2.45) is 0 Å². The summed E-state index contributed by atoms with van der Waals surface area (Å²) in [6.07, 6.45) is 0. The van der Waals surface area contributed by atoms with Crippen LogP contribution >= 0.6 is 0 Å².